The summed E-state index contributed by atoms with van der Waals surface area (Å²) in [6.07, 6.45) is 12.6. The minimum atomic E-state index is -1.10. The number of para-hydroxylation sites is 2. The molecule has 9 heteroatoms. The molecule has 1 saturated heterocycles. The summed E-state index contributed by atoms with van der Waals surface area (Å²) in [6, 6.07) is 46.2. The molecule has 6 aromatic heterocycles. The van der Waals surface area contributed by atoms with Gasteiger partial charge in [-0.1, -0.05) is 84.6 Å². The molecule has 0 saturated carbocycles. The van der Waals surface area contributed by atoms with Gasteiger partial charge in [0, 0.05) is 87.7 Å². The van der Waals surface area contributed by atoms with Crippen LogP contribution in [0, 0.1) is 0 Å². The molecule has 7 heterocycles. The number of nitrogens with one attached hydrogen (secondary N) is 1. The third kappa shape index (κ3) is 6.03. The third-order valence-electron chi connectivity index (χ3n) is 11.7. The number of H-pyrrole nitrogens is 1. The number of pyridine rings is 3. The van der Waals surface area contributed by atoms with Gasteiger partial charge >= 0.3 is 0 Å². The van der Waals surface area contributed by atoms with Crippen LogP contribution in [0.1, 0.15) is 53.8 Å². The van der Waals surface area contributed by atoms with Gasteiger partial charge in [-0.05, 0) is 85.3 Å². The lowest BCUT2D eigenvalue weighted by Crippen LogP contribution is -2.45. The predicted octanol–water partition coefficient (Wildman–Crippen LogP) is 11.3. The van der Waals surface area contributed by atoms with Gasteiger partial charge in [0.1, 0.15) is 10.6 Å². The fraction of sp³-hybridized carbons (Fsp3) is 0.140. The first-order valence-electron chi connectivity index (χ1n) is 20.2. The van der Waals surface area contributed by atoms with E-state index >= 15 is 0 Å². The Labute approximate surface area is 345 Å². The number of benzene rings is 3. The van der Waals surface area contributed by atoms with E-state index in [4.69, 9.17) is 29.3 Å². The van der Waals surface area contributed by atoms with E-state index in [0.717, 1.165) is 109 Å². The Morgan fingerprint density at radius 1 is 0.644 bits per heavy atom. The highest BCUT2D eigenvalue weighted by Gasteiger charge is 2.58. The molecule has 2 atom stereocenters. The molecule has 286 valence electrons. The number of likely N-dealkylation sites (tertiary alicyclic amines) is 1. The Morgan fingerprint density at radius 3 is 2.24 bits per heavy atom. The summed E-state index contributed by atoms with van der Waals surface area (Å²) in [4.78, 5) is 33.3. The van der Waals surface area contributed by atoms with E-state index < -0.39 is 10.7 Å². The summed E-state index contributed by atoms with van der Waals surface area (Å²) < 4.78 is 5.26. The standard InChI is InChI=1S/C50H39N7OS/c1-10-29-57(30-11-1)48-43(41-32-35-16-4-7-19-38(35)56-41)44(47-36-17-5-2-14-33(36)24-28-52-47)45(40-23-22-34-15-3-6-18-37(34)55-40)50(49-53-26-13-27-54-49,59-42-21-12-31-58-42)46(48)39-20-8-9-25-51-39/h2-9,12-28,31-32,46,56H,1,10-11,29-30H2. The first-order valence-corrected chi connectivity index (χ1v) is 21.0. The van der Waals surface area contributed by atoms with Crippen LogP contribution in [-0.2, 0) is 4.75 Å². The monoisotopic (exact) mass is 785 g/mol. The van der Waals surface area contributed by atoms with Crippen LogP contribution in [0.15, 0.2) is 180 Å². The molecule has 0 radical (unpaired) electrons. The summed E-state index contributed by atoms with van der Waals surface area (Å²) in [7, 11) is 0. The second kappa shape index (κ2) is 14.8. The lowest BCUT2D eigenvalue weighted by Gasteiger charge is -2.49. The lowest BCUT2D eigenvalue weighted by atomic mass is 9.67. The SMILES string of the molecule is c1ccc(C2C(N3CCCCC3)=C(c3cc4ccccc4[nH]3)C(c3nccc4ccccc34)=C(c3ccc4ccccc4n3)C2(Sc2ccco2)c2ncccn2)nc1. The highest BCUT2D eigenvalue weighted by atomic mass is 32.2. The molecule has 2 unspecified atom stereocenters. The molecular formula is C50H39N7OS. The number of aromatic amines is 1. The molecule has 1 aliphatic heterocycles. The zero-order valence-corrected chi connectivity index (χ0v) is 33.0. The maximum Gasteiger partial charge on any atom is 0.161 e. The number of allylic oxidation sites excluding steroid dienone is 3. The Balaban J connectivity index is 1.41. The van der Waals surface area contributed by atoms with Crippen LogP contribution in [0.4, 0.5) is 0 Å². The Hall–Kier alpha value is -6.84. The van der Waals surface area contributed by atoms with Crippen LogP contribution in [-0.4, -0.2) is 47.9 Å². The molecule has 8 nitrogen and oxygen atoms in total. The van der Waals surface area contributed by atoms with Gasteiger partial charge in [-0.15, -0.1) is 0 Å². The van der Waals surface area contributed by atoms with Crippen molar-refractivity contribution in [2.24, 2.45) is 0 Å². The van der Waals surface area contributed by atoms with Gasteiger partial charge in [0.2, 0.25) is 0 Å². The normalized spacial score (nSPS) is 18.6. The molecule has 0 bridgehead atoms. The van der Waals surface area contributed by atoms with E-state index in [0.29, 0.717) is 5.82 Å². The van der Waals surface area contributed by atoms with Crippen molar-refractivity contribution in [2.75, 3.05) is 13.1 Å². The Kier molecular flexibility index (Phi) is 8.88. The summed E-state index contributed by atoms with van der Waals surface area (Å²) in [6.45, 7) is 1.78. The second-order valence-corrected chi connectivity index (χ2v) is 16.4. The molecule has 11 rings (SSSR count). The van der Waals surface area contributed by atoms with Gasteiger partial charge < -0.3 is 14.3 Å². The molecule has 1 aliphatic carbocycles. The molecule has 3 aromatic carbocycles. The van der Waals surface area contributed by atoms with Gasteiger partial charge in [-0.25, -0.2) is 15.0 Å². The van der Waals surface area contributed by atoms with E-state index in [-0.39, 0.29) is 0 Å². The zero-order chi connectivity index (χ0) is 39.2. The number of nitrogens with zero attached hydrogens (tertiary/aromatic N) is 6. The smallest absolute Gasteiger partial charge is 0.161 e. The molecule has 1 fully saturated rings. The van der Waals surface area contributed by atoms with E-state index in [9.17, 15) is 0 Å². The van der Waals surface area contributed by atoms with Gasteiger partial charge in [0.05, 0.1) is 34.8 Å². The number of aromatic nitrogens is 6. The van der Waals surface area contributed by atoms with E-state index in [1.807, 2.05) is 55.1 Å². The molecule has 2 aliphatic rings. The molecule has 0 spiro atoms. The van der Waals surface area contributed by atoms with Crippen molar-refractivity contribution < 1.29 is 4.42 Å². The van der Waals surface area contributed by atoms with Crippen molar-refractivity contribution in [3.05, 3.63) is 199 Å². The number of piperidine rings is 1. The van der Waals surface area contributed by atoms with Gasteiger partial charge in [0.15, 0.2) is 5.09 Å². The number of thioether (sulfide) groups is 1. The quantitative estimate of drug-likeness (QED) is 0.163. The number of hydrogen-bond acceptors (Lipinski definition) is 8. The maximum atomic E-state index is 6.36. The first kappa shape index (κ1) is 35.3. The number of furan rings is 1. The van der Waals surface area contributed by atoms with E-state index in [1.165, 1.54) is 6.42 Å². The summed E-state index contributed by atoms with van der Waals surface area (Å²) >= 11 is 1.63. The molecule has 1 N–H and O–H groups in total. The van der Waals surface area contributed by atoms with E-state index in [1.54, 1.807) is 18.0 Å². The summed E-state index contributed by atoms with van der Waals surface area (Å²) in [5.74, 6) is 0.202. The van der Waals surface area contributed by atoms with Crippen molar-refractivity contribution in [1.29, 1.82) is 0 Å². The van der Waals surface area contributed by atoms with Crippen LogP contribution in [0.2, 0.25) is 0 Å². The number of rotatable bonds is 8. The number of fused-ring (bicyclic) bond motifs is 3. The fourth-order valence-corrected chi connectivity index (χ4v) is 10.6. The molecule has 59 heavy (non-hydrogen) atoms. The topological polar surface area (TPSA) is 96.6 Å². The highest BCUT2D eigenvalue weighted by Crippen LogP contribution is 2.67. The van der Waals surface area contributed by atoms with Crippen LogP contribution < -0.4 is 0 Å². The maximum absolute atomic E-state index is 6.36. The van der Waals surface area contributed by atoms with Crippen molar-refractivity contribution in [1.82, 2.24) is 34.8 Å². The lowest BCUT2D eigenvalue weighted by molar-refractivity contribution is 0.262. The minimum absolute atomic E-state index is 0.428. The first-order chi connectivity index (χ1) is 29.3. The molecular weight excluding hydrogens is 747 g/mol. The largest absolute Gasteiger partial charge is 0.458 e. The van der Waals surface area contributed by atoms with Crippen molar-refractivity contribution in [2.45, 2.75) is 35.0 Å². The van der Waals surface area contributed by atoms with Gasteiger partial charge in [-0.3, -0.25) is 9.97 Å². The van der Waals surface area contributed by atoms with Crippen LogP contribution in [0.3, 0.4) is 0 Å². The van der Waals surface area contributed by atoms with Crippen molar-refractivity contribution in [3.8, 4) is 0 Å². The van der Waals surface area contributed by atoms with Crippen molar-refractivity contribution in [3.63, 3.8) is 0 Å². The van der Waals surface area contributed by atoms with Crippen LogP contribution >= 0.6 is 11.8 Å². The van der Waals surface area contributed by atoms with E-state index in [2.05, 4.69) is 113 Å². The highest BCUT2D eigenvalue weighted by molar-refractivity contribution is 8.00. The van der Waals surface area contributed by atoms with Crippen LogP contribution in [0.25, 0.3) is 49.3 Å². The third-order valence-corrected chi connectivity index (χ3v) is 13.1. The summed E-state index contributed by atoms with van der Waals surface area (Å²) in [5.41, 5.74) is 9.63. The van der Waals surface area contributed by atoms with Gasteiger partial charge in [0.25, 0.3) is 0 Å². The average Bonchev–Trinajstić information content (AvgIpc) is 3.99. The summed E-state index contributed by atoms with van der Waals surface area (Å²) in [5, 5.41) is 5.05. The van der Waals surface area contributed by atoms with Gasteiger partial charge in [-0.2, -0.15) is 0 Å². The Bertz CT molecular complexity index is 2990. The molecule has 0 amide bonds. The minimum Gasteiger partial charge on any atom is -0.458 e. The molecule has 9 aromatic rings. The van der Waals surface area contributed by atoms with Crippen molar-refractivity contribution >= 4 is 61.1 Å². The van der Waals surface area contributed by atoms with Crippen LogP contribution in [0.5, 0.6) is 0 Å². The second-order valence-electron chi connectivity index (χ2n) is 15.1. The fourth-order valence-electron chi connectivity index (χ4n) is 9.22. The predicted molar refractivity (Wildman–Crippen MR) is 236 cm³/mol. The Morgan fingerprint density at radius 2 is 1.42 bits per heavy atom. The average molecular weight is 786 g/mol. The zero-order valence-electron chi connectivity index (χ0n) is 32.2. The number of hydrogen-bond donors (Lipinski definition) is 1.